The third-order valence-corrected chi connectivity index (χ3v) is 10.2. The lowest BCUT2D eigenvalue weighted by molar-refractivity contribution is 0.167. The van der Waals surface area contributed by atoms with Crippen molar-refractivity contribution in [1.29, 1.82) is 0 Å². The maximum atomic E-state index is 5.00. The van der Waals surface area contributed by atoms with Crippen LogP contribution in [0.4, 0.5) is 0 Å². The Bertz CT molecular complexity index is 1310. The van der Waals surface area contributed by atoms with Crippen LogP contribution in [0.25, 0.3) is 11.1 Å². The average molecular weight is 463 g/mol. The fourth-order valence-corrected chi connectivity index (χ4v) is 8.18. The molecule has 168 valence electrons. The monoisotopic (exact) mass is 462 g/mol. The second kappa shape index (κ2) is 7.53. The van der Waals surface area contributed by atoms with Gasteiger partial charge in [-0.25, -0.2) is 4.98 Å². The molecule has 5 heterocycles. The van der Waals surface area contributed by atoms with Crippen LogP contribution < -0.4 is 0 Å². The van der Waals surface area contributed by atoms with E-state index in [2.05, 4.69) is 96.7 Å². The van der Waals surface area contributed by atoms with Crippen LogP contribution in [0, 0.1) is 13.8 Å². The number of aromatic nitrogens is 2. The third-order valence-electron chi connectivity index (χ3n) is 8.02. The Morgan fingerprint density at radius 2 is 1.50 bits per heavy atom. The molecule has 7 rings (SSSR count). The van der Waals surface area contributed by atoms with Crippen molar-refractivity contribution in [2.24, 2.45) is 0 Å². The molecule has 0 bridgehead atoms. The van der Waals surface area contributed by atoms with Gasteiger partial charge in [-0.1, -0.05) is 35.4 Å². The van der Waals surface area contributed by atoms with Gasteiger partial charge in [0.15, 0.2) is 9.79 Å². The number of rotatable bonds is 5. The highest BCUT2D eigenvalue weighted by molar-refractivity contribution is 7.97. The standard InChI is InChI=1S/C30H28N3S/c1-20-3-9-26(10-4-20)34(27-11-5-21(2)6-12-27)29-14-7-22(18-32-29)23-15-24(19-31-17-23)30-16-25-8-13-28(30)33(25)30/h3-7,9-12,14-15,17-19,25,28H,8,13,16H2,1-2H3/q+1/t25-,28?,30?,33?/m0/s1. The Hall–Kier alpha value is -2.95. The molecule has 0 aliphatic carbocycles. The minimum Gasteiger partial charge on any atom is -0.284 e. The Morgan fingerprint density at radius 3 is 2.06 bits per heavy atom. The van der Waals surface area contributed by atoms with E-state index < -0.39 is 0 Å². The van der Waals surface area contributed by atoms with Gasteiger partial charge in [0.25, 0.3) is 5.03 Å². The van der Waals surface area contributed by atoms with Gasteiger partial charge < -0.3 is 0 Å². The summed E-state index contributed by atoms with van der Waals surface area (Å²) in [7, 11) is -0.235. The zero-order valence-corrected chi connectivity index (χ0v) is 20.4. The largest absolute Gasteiger partial charge is 0.284 e. The average Bonchev–Trinajstić information content (AvgIpc) is 3.20. The van der Waals surface area contributed by atoms with E-state index in [-0.39, 0.29) is 10.9 Å². The van der Waals surface area contributed by atoms with E-state index >= 15 is 0 Å². The number of hydrogen-bond donors (Lipinski definition) is 0. The van der Waals surface area contributed by atoms with E-state index in [1.807, 2.05) is 12.4 Å². The fourth-order valence-electron chi connectivity index (χ4n) is 6.24. The van der Waals surface area contributed by atoms with Gasteiger partial charge in [0.05, 0.1) is 5.54 Å². The maximum absolute atomic E-state index is 5.00. The third kappa shape index (κ3) is 3.02. The van der Waals surface area contributed by atoms with Gasteiger partial charge in [0.2, 0.25) is 0 Å². The summed E-state index contributed by atoms with van der Waals surface area (Å²) < 4.78 is 0. The van der Waals surface area contributed by atoms with E-state index in [1.54, 1.807) is 0 Å². The smallest absolute Gasteiger partial charge is 0.258 e. The van der Waals surface area contributed by atoms with Crippen LogP contribution in [0.1, 0.15) is 36.0 Å². The maximum Gasteiger partial charge on any atom is 0.258 e. The van der Waals surface area contributed by atoms with Crippen LogP contribution >= 0.6 is 0 Å². The molecule has 0 amide bonds. The van der Waals surface area contributed by atoms with Crippen molar-refractivity contribution < 1.29 is 0 Å². The van der Waals surface area contributed by atoms with Crippen LogP contribution in [0.2, 0.25) is 0 Å². The summed E-state index contributed by atoms with van der Waals surface area (Å²) in [5.74, 6) is 0. The van der Waals surface area contributed by atoms with Crippen LogP contribution in [0.15, 0.2) is 100 Å². The number of fused-ring (bicyclic) bond motifs is 1. The Morgan fingerprint density at radius 1 is 0.794 bits per heavy atom. The normalized spacial score (nSPS) is 26.3. The summed E-state index contributed by atoms with van der Waals surface area (Å²) in [6.45, 7) is 4.27. The minimum absolute atomic E-state index is 0.235. The van der Waals surface area contributed by atoms with Crippen LogP contribution in [-0.4, -0.2) is 27.0 Å². The number of benzene rings is 2. The zero-order valence-electron chi connectivity index (χ0n) is 19.6. The molecular weight excluding hydrogens is 434 g/mol. The highest BCUT2D eigenvalue weighted by atomic mass is 32.2. The summed E-state index contributed by atoms with van der Waals surface area (Å²) in [4.78, 5) is 14.9. The first-order chi connectivity index (χ1) is 16.6. The van der Waals surface area contributed by atoms with Crippen LogP contribution in [0.3, 0.4) is 0 Å². The van der Waals surface area contributed by atoms with Crippen molar-refractivity contribution in [1.82, 2.24) is 14.9 Å². The molecule has 0 saturated carbocycles. The SMILES string of the molecule is Cc1ccc([S+](c2ccc(C)cc2)c2ccc(-c3cncc(C45C[C@@H]6CCC4N65)c3)cn2)cc1. The predicted octanol–water partition coefficient (Wildman–Crippen LogP) is 6.30. The van der Waals surface area contributed by atoms with Crippen molar-refractivity contribution in [3.05, 3.63) is 102 Å². The summed E-state index contributed by atoms with van der Waals surface area (Å²) in [5.41, 5.74) is 6.58. The van der Waals surface area contributed by atoms with Gasteiger partial charge in [-0.3, -0.25) is 9.88 Å². The number of piperidine rings is 1. The van der Waals surface area contributed by atoms with E-state index in [1.165, 1.54) is 51.3 Å². The van der Waals surface area contributed by atoms with Crippen LogP contribution in [-0.2, 0) is 16.4 Å². The van der Waals surface area contributed by atoms with Crippen molar-refractivity contribution in [2.75, 3.05) is 0 Å². The van der Waals surface area contributed by atoms with Crippen LogP contribution in [0.5, 0.6) is 0 Å². The molecule has 4 aromatic rings. The second-order valence-electron chi connectivity index (χ2n) is 10.1. The molecule has 3 fully saturated rings. The highest BCUT2D eigenvalue weighted by Gasteiger charge is 2.76. The molecule has 0 N–H and O–H groups in total. The van der Waals surface area contributed by atoms with Gasteiger partial charge in [0.1, 0.15) is 10.9 Å². The molecule has 4 atom stereocenters. The Labute approximate surface area is 204 Å². The minimum atomic E-state index is -0.235. The van der Waals surface area contributed by atoms with E-state index in [4.69, 9.17) is 4.98 Å². The molecule has 2 aromatic heterocycles. The number of nitrogens with zero attached hydrogens (tertiary/aromatic N) is 3. The van der Waals surface area contributed by atoms with E-state index in [9.17, 15) is 0 Å². The quantitative estimate of drug-likeness (QED) is 0.257. The van der Waals surface area contributed by atoms with Crippen molar-refractivity contribution in [3.63, 3.8) is 0 Å². The summed E-state index contributed by atoms with van der Waals surface area (Å²) >= 11 is 0. The molecule has 3 unspecified atom stereocenters. The van der Waals surface area contributed by atoms with Gasteiger partial charge in [-0.05, 0) is 75.1 Å². The molecule has 3 saturated heterocycles. The van der Waals surface area contributed by atoms with Crippen molar-refractivity contribution in [3.8, 4) is 11.1 Å². The van der Waals surface area contributed by atoms with E-state index in [0.717, 1.165) is 22.7 Å². The molecule has 34 heavy (non-hydrogen) atoms. The molecule has 4 heteroatoms. The highest BCUT2D eigenvalue weighted by Crippen LogP contribution is 2.70. The summed E-state index contributed by atoms with van der Waals surface area (Å²) in [6, 6.07) is 26.1. The molecule has 0 radical (unpaired) electrons. The van der Waals surface area contributed by atoms with Gasteiger partial charge in [0, 0.05) is 47.9 Å². The van der Waals surface area contributed by atoms with Gasteiger partial charge >= 0.3 is 0 Å². The first kappa shape index (κ1) is 20.4. The lowest BCUT2D eigenvalue weighted by Crippen LogP contribution is -2.40. The zero-order chi connectivity index (χ0) is 22.9. The molecule has 3 aliphatic heterocycles. The number of aryl methyl sites for hydroxylation is 2. The molecule has 3 nitrogen and oxygen atoms in total. The van der Waals surface area contributed by atoms with Gasteiger partial charge in [-0.2, -0.15) is 0 Å². The lowest BCUT2D eigenvalue weighted by Gasteiger charge is -2.37. The lowest BCUT2D eigenvalue weighted by atomic mass is 9.78. The van der Waals surface area contributed by atoms with Crippen molar-refractivity contribution >= 4 is 10.9 Å². The molecule has 2 aromatic carbocycles. The molecular formula is C30H28N3S+. The second-order valence-corrected chi connectivity index (χ2v) is 12.0. The van der Waals surface area contributed by atoms with E-state index in [0.29, 0.717) is 5.54 Å². The molecule has 0 spiro atoms. The first-order valence-electron chi connectivity index (χ1n) is 12.2. The fraction of sp³-hybridized carbons (Fsp3) is 0.267. The molecule has 3 aliphatic rings. The number of pyridine rings is 2. The predicted molar refractivity (Wildman–Crippen MR) is 137 cm³/mol. The number of hydrogen-bond acceptors (Lipinski definition) is 3. The van der Waals surface area contributed by atoms with Crippen molar-refractivity contribution in [2.45, 2.75) is 65.5 Å². The summed E-state index contributed by atoms with van der Waals surface area (Å²) in [6.07, 6.45) is 10.2. The first-order valence-corrected chi connectivity index (χ1v) is 13.4. The summed E-state index contributed by atoms with van der Waals surface area (Å²) in [5, 5.41) is 1.10. The van der Waals surface area contributed by atoms with Gasteiger partial charge in [-0.15, -0.1) is 0 Å². The Kier molecular flexibility index (Phi) is 4.52. The Balaban J connectivity index is 1.22. The topological polar surface area (TPSA) is 28.8 Å².